The van der Waals surface area contributed by atoms with Crippen molar-refractivity contribution in [2.24, 2.45) is 0 Å². The summed E-state index contributed by atoms with van der Waals surface area (Å²) in [5.74, 6) is 1.39. The van der Waals surface area contributed by atoms with Gasteiger partial charge in [-0.15, -0.1) is 0 Å². The molecular weight excluding hydrogens is 350 g/mol. The van der Waals surface area contributed by atoms with Gasteiger partial charge in [-0.3, -0.25) is 0 Å². The molecule has 0 bridgehead atoms. The second-order valence-electron chi connectivity index (χ2n) is 6.23. The van der Waals surface area contributed by atoms with Crippen molar-refractivity contribution in [1.29, 1.82) is 0 Å². The highest BCUT2D eigenvalue weighted by atomic mass is 32.1. The van der Waals surface area contributed by atoms with Crippen molar-refractivity contribution < 1.29 is 9.90 Å². The summed E-state index contributed by atoms with van der Waals surface area (Å²) < 4.78 is 1.69. The largest absolute Gasteiger partial charge is 0.384 e. The van der Waals surface area contributed by atoms with Gasteiger partial charge >= 0.3 is 6.03 Å². The van der Waals surface area contributed by atoms with E-state index in [-0.39, 0.29) is 6.54 Å². The fourth-order valence-electron chi connectivity index (χ4n) is 2.61. The van der Waals surface area contributed by atoms with Crippen molar-refractivity contribution in [3.05, 3.63) is 58.3 Å². The Hall–Kier alpha value is -2.71. The normalized spacial score (nSPS) is 13.2. The van der Waals surface area contributed by atoms with Crippen LogP contribution in [0.5, 0.6) is 0 Å². The number of nitrogens with one attached hydrogen (secondary N) is 2. The van der Waals surface area contributed by atoms with Crippen molar-refractivity contribution in [3.63, 3.8) is 0 Å². The Labute approximate surface area is 155 Å². The van der Waals surface area contributed by atoms with E-state index in [1.54, 1.807) is 17.7 Å². The maximum atomic E-state index is 12.3. The number of carbonyl (C=O) groups excluding carboxylic acids is 1. The Morgan fingerprint density at radius 1 is 1.31 bits per heavy atom. The van der Waals surface area contributed by atoms with Gasteiger partial charge in [0.05, 0.1) is 17.9 Å². The number of carbonyl (C=O) groups is 1. The van der Waals surface area contributed by atoms with Crippen LogP contribution in [-0.2, 0) is 5.60 Å². The molecule has 7 nitrogen and oxygen atoms in total. The number of rotatable bonds is 5. The number of hydrogen-bond donors (Lipinski definition) is 3. The molecule has 0 fully saturated rings. The number of aliphatic hydroxyl groups is 1. The number of thiophene rings is 1. The highest BCUT2D eigenvalue weighted by Crippen LogP contribution is 2.23. The van der Waals surface area contributed by atoms with Gasteiger partial charge in [-0.05, 0) is 55.3 Å². The zero-order chi connectivity index (χ0) is 18.7. The van der Waals surface area contributed by atoms with E-state index in [9.17, 15) is 9.90 Å². The molecule has 1 aromatic carbocycles. The summed E-state index contributed by atoms with van der Waals surface area (Å²) in [5.41, 5.74) is 0.978. The monoisotopic (exact) mass is 371 g/mol. The molecule has 0 spiro atoms. The molecule has 3 rings (SSSR count). The topological polar surface area (TPSA) is 92.1 Å². The average molecular weight is 371 g/mol. The van der Waals surface area contributed by atoms with Crippen LogP contribution >= 0.6 is 11.3 Å². The summed E-state index contributed by atoms with van der Waals surface area (Å²) >= 11 is 1.50. The van der Waals surface area contributed by atoms with Gasteiger partial charge in [-0.25, -0.2) is 14.5 Å². The molecule has 0 aliphatic heterocycles. The number of benzene rings is 1. The van der Waals surface area contributed by atoms with Crippen LogP contribution in [0.15, 0.2) is 41.1 Å². The minimum absolute atomic E-state index is 0.0964. The Morgan fingerprint density at radius 3 is 2.73 bits per heavy atom. The van der Waals surface area contributed by atoms with Crippen LogP contribution < -0.4 is 10.6 Å². The third-order valence-corrected chi connectivity index (χ3v) is 4.67. The molecule has 8 heteroatoms. The zero-order valence-corrected chi connectivity index (χ0v) is 15.7. The molecule has 0 unspecified atom stereocenters. The molecule has 136 valence electrons. The number of amides is 2. The molecule has 26 heavy (non-hydrogen) atoms. The van der Waals surface area contributed by atoms with Gasteiger partial charge < -0.3 is 15.7 Å². The third kappa shape index (κ3) is 3.92. The Bertz CT molecular complexity index is 902. The van der Waals surface area contributed by atoms with Gasteiger partial charge in [-0.1, -0.05) is 12.1 Å². The lowest BCUT2D eigenvalue weighted by molar-refractivity contribution is 0.0604. The minimum Gasteiger partial charge on any atom is -0.384 e. The van der Waals surface area contributed by atoms with Gasteiger partial charge in [0.2, 0.25) is 0 Å². The molecule has 0 saturated carbocycles. The number of hydrogen-bond acceptors (Lipinski definition) is 5. The summed E-state index contributed by atoms with van der Waals surface area (Å²) in [6.45, 7) is 5.44. The van der Waals surface area contributed by atoms with Crippen LogP contribution in [0.3, 0.4) is 0 Å². The highest BCUT2D eigenvalue weighted by Gasteiger charge is 2.24. The Kier molecular flexibility index (Phi) is 5.06. The van der Waals surface area contributed by atoms with E-state index < -0.39 is 11.6 Å². The molecule has 2 amide bonds. The van der Waals surface area contributed by atoms with E-state index in [1.807, 2.05) is 48.9 Å². The average Bonchev–Trinajstić information content (AvgIpc) is 3.24. The fourth-order valence-corrected chi connectivity index (χ4v) is 3.39. The lowest BCUT2D eigenvalue weighted by atomic mass is 9.99. The first kappa shape index (κ1) is 18.1. The van der Waals surface area contributed by atoms with E-state index >= 15 is 0 Å². The first-order valence-corrected chi connectivity index (χ1v) is 9.11. The molecule has 1 atom stereocenters. The first-order valence-electron chi connectivity index (χ1n) is 8.16. The molecule has 3 aromatic rings. The number of nitrogens with zero attached hydrogens (tertiary/aromatic N) is 3. The molecule has 0 saturated heterocycles. The molecule has 0 radical (unpaired) electrons. The SMILES string of the molecule is Cc1nc(C)n(-c2ccccc2NC(=O)NC[C@@](C)(O)c2ccsc2)n1. The highest BCUT2D eigenvalue weighted by molar-refractivity contribution is 7.08. The lowest BCUT2D eigenvalue weighted by Gasteiger charge is -2.23. The van der Waals surface area contributed by atoms with Gasteiger partial charge in [0.25, 0.3) is 0 Å². The predicted octanol–water partition coefficient (Wildman–Crippen LogP) is 2.97. The van der Waals surface area contributed by atoms with E-state index in [1.165, 1.54) is 11.3 Å². The van der Waals surface area contributed by atoms with Crippen LogP contribution in [0.1, 0.15) is 24.1 Å². The summed E-state index contributed by atoms with van der Waals surface area (Å²) in [5, 5.41) is 24.2. The van der Waals surface area contributed by atoms with Gasteiger partial charge in [-0.2, -0.15) is 16.4 Å². The maximum absolute atomic E-state index is 12.3. The predicted molar refractivity (Wildman–Crippen MR) is 102 cm³/mol. The molecule has 0 aliphatic carbocycles. The number of anilines is 1. The Morgan fingerprint density at radius 2 is 2.08 bits per heavy atom. The van der Waals surface area contributed by atoms with Crippen molar-refractivity contribution in [3.8, 4) is 5.69 Å². The summed E-state index contributed by atoms with van der Waals surface area (Å²) in [7, 11) is 0. The fraction of sp³-hybridized carbons (Fsp3) is 0.278. The van der Waals surface area contributed by atoms with E-state index in [0.717, 1.165) is 17.1 Å². The molecular formula is C18H21N5O2S. The van der Waals surface area contributed by atoms with Crippen molar-refractivity contribution in [1.82, 2.24) is 20.1 Å². The quantitative estimate of drug-likeness (QED) is 0.643. The molecule has 2 heterocycles. The minimum atomic E-state index is -1.13. The second-order valence-corrected chi connectivity index (χ2v) is 7.01. The maximum Gasteiger partial charge on any atom is 0.319 e. The van der Waals surface area contributed by atoms with Crippen LogP contribution in [0.4, 0.5) is 10.5 Å². The lowest BCUT2D eigenvalue weighted by Crippen LogP contribution is -2.40. The van der Waals surface area contributed by atoms with Crippen LogP contribution in [0.25, 0.3) is 5.69 Å². The summed E-state index contributed by atoms with van der Waals surface area (Å²) in [6, 6.07) is 8.80. The molecule has 3 N–H and O–H groups in total. The van der Waals surface area contributed by atoms with Gasteiger partial charge in [0.1, 0.15) is 17.2 Å². The van der Waals surface area contributed by atoms with Crippen molar-refractivity contribution in [2.75, 3.05) is 11.9 Å². The molecule has 0 aliphatic rings. The van der Waals surface area contributed by atoms with E-state index in [2.05, 4.69) is 20.7 Å². The zero-order valence-electron chi connectivity index (χ0n) is 14.9. The summed E-state index contributed by atoms with van der Waals surface area (Å²) in [6.07, 6.45) is 0. The first-order chi connectivity index (χ1) is 12.4. The Balaban J connectivity index is 1.71. The second kappa shape index (κ2) is 7.27. The standard InChI is InChI=1S/C18H21N5O2S/c1-12-20-13(2)23(22-12)16-7-5-4-6-15(16)21-17(24)19-11-18(3,25)14-8-9-26-10-14/h4-10,25H,11H2,1-3H3,(H2,19,21,24)/t18-/m1/s1. The van der Waals surface area contributed by atoms with Gasteiger partial charge in [0, 0.05) is 0 Å². The van der Waals surface area contributed by atoms with Crippen molar-refractivity contribution in [2.45, 2.75) is 26.4 Å². The summed E-state index contributed by atoms with van der Waals surface area (Å²) in [4.78, 5) is 16.6. The smallest absolute Gasteiger partial charge is 0.319 e. The number of para-hydroxylation sites is 2. The van der Waals surface area contributed by atoms with Crippen LogP contribution in [0, 0.1) is 13.8 Å². The van der Waals surface area contributed by atoms with E-state index in [4.69, 9.17) is 0 Å². The number of urea groups is 1. The third-order valence-electron chi connectivity index (χ3n) is 3.99. The number of aryl methyl sites for hydroxylation is 2. The number of aromatic nitrogens is 3. The van der Waals surface area contributed by atoms with E-state index in [0.29, 0.717) is 11.5 Å². The van der Waals surface area contributed by atoms with Crippen LogP contribution in [0.2, 0.25) is 0 Å². The van der Waals surface area contributed by atoms with Crippen LogP contribution in [-0.4, -0.2) is 32.4 Å². The van der Waals surface area contributed by atoms with Gasteiger partial charge in [0.15, 0.2) is 0 Å². The van der Waals surface area contributed by atoms with Crippen molar-refractivity contribution >= 4 is 23.1 Å². The molecule has 2 aromatic heterocycles.